The van der Waals surface area contributed by atoms with Crippen molar-refractivity contribution in [1.82, 2.24) is 0 Å². The third-order valence-corrected chi connectivity index (χ3v) is 4.96. The Morgan fingerprint density at radius 3 is 2.47 bits per heavy atom. The van der Waals surface area contributed by atoms with E-state index in [9.17, 15) is 8.42 Å². The zero-order valence-electron chi connectivity index (χ0n) is 9.96. The predicted octanol–water partition coefficient (Wildman–Crippen LogP) is 1.28. The van der Waals surface area contributed by atoms with Crippen molar-refractivity contribution in [3.63, 3.8) is 0 Å². The lowest BCUT2D eigenvalue weighted by Gasteiger charge is -2.29. The van der Waals surface area contributed by atoms with Gasteiger partial charge in [0.25, 0.3) is 0 Å². The highest BCUT2D eigenvalue weighted by molar-refractivity contribution is 7.91. The molecule has 1 aliphatic rings. The summed E-state index contributed by atoms with van der Waals surface area (Å²) >= 11 is 0. The average molecular weight is 254 g/mol. The minimum atomic E-state index is -2.83. The predicted molar refractivity (Wildman–Crippen MR) is 70.9 cm³/mol. The van der Waals surface area contributed by atoms with Crippen LogP contribution in [-0.2, 0) is 9.84 Å². The summed E-state index contributed by atoms with van der Waals surface area (Å²) in [5.74, 6) is 0.578. The maximum atomic E-state index is 11.5. The Morgan fingerprint density at radius 2 is 2.00 bits per heavy atom. The fraction of sp³-hybridized carbons (Fsp3) is 0.500. The largest absolute Gasteiger partial charge is 0.399 e. The van der Waals surface area contributed by atoms with E-state index in [1.165, 1.54) is 0 Å². The van der Waals surface area contributed by atoms with E-state index in [1.54, 1.807) is 0 Å². The van der Waals surface area contributed by atoms with Gasteiger partial charge in [0.1, 0.15) is 0 Å². The van der Waals surface area contributed by atoms with Crippen LogP contribution >= 0.6 is 0 Å². The topological polar surface area (TPSA) is 63.4 Å². The molecule has 1 unspecified atom stereocenters. The highest BCUT2D eigenvalue weighted by atomic mass is 32.2. The molecule has 1 heterocycles. The molecule has 94 valence electrons. The zero-order valence-corrected chi connectivity index (χ0v) is 10.8. The molecule has 17 heavy (non-hydrogen) atoms. The Kier molecular flexibility index (Phi) is 3.28. The van der Waals surface area contributed by atoms with Crippen LogP contribution in [0.4, 0.5) is 11.4 Å². The van der Waals surface area contributed by atoms with Gasteiger partial charge in [0.05, 0.1) is 11.5 Å². The van der Waals surface area contributed by atoms with Crippen molar-refractivity contribution >= 4 is 21.2 Å². The Balaban J connectivity index is 2.20. The molecule has 0 radical (unpaired) electrons. The van der Waals surface area contributed by atoms with Crippen molar-refractivity contribution in [1.29, 1.82) is 0 Å². The van der Waals surface area contributed by atoms with Crippen LogP contribution in [0.25, 0.3) is 0 Å². The van der Waals surface area contributed by atoms with E-state index in [0.717, 1.165) is 24.3 Å². The minimum Gasteiger partial charge on any atom is -0.399 e. The maximum Gasteiger partial charge on any atom is 0.152 e. The molecule has 1 aromatic rings. The molecular weight excluding hydrogens is 236 g/mol. The summed E-state index contributed by atoms with van der Waals surface area (Å²) in [7, 11) is -2.83. The highest BCUT2D eigenvalue weighted by Gasteiger charge is 2.31. The summed E-state index contributed by atoms with van der Waals surface area (Å²) in [6, 6.07) is 7.70. The van der Waals surface area contributed by atoms with Crippen molar-refractivity contribution in [2.24, 2.45) is 0 Å². The normalized spacial score (nSPS) is 22.5. The van der Waals surface area contributed by atoms with Crippen LogP contribution in [0.5, 0.6) is 0 Å². The quantitative estimate of drug-likeness (QED) is 0.825. The van der Waals surface area contributed by atoms with E-state index in [0.29, 0.717) is 5.75 Å². The third-order valence-electron chi connectivity index (χ3n) is 3.21. The van der Waals surface area contributed by atoms with Gasteiger partial charge in [-0.2, -0.15) is 0 Å². The summed E-state index contributed by atoms with van der Waals surface area (Å²) < 4.78 is 23.0. The summed E-state index contributed by atoms with van der Waals surface area (Å²) in [6.45, 7) is 2.85. The Hall–Kier alpha value is -1.23. The summed E-state index contributed by atoms with van der Waals surface area (Å²) in [5.41, 5.74) is 7.42. The number of sulfone groups is 1. The van der Waals surface area contributed by atoms with Gasteiger partial charge < -0.3 is 10.6 Å². The van der Waals surface area contributed by atoms with Gasteiger partial charge in [0, 0.05) is 24.0 Å². The molecule has 5 heteroatoms. The lowest BCUT2D eigenvalue weighted by Crippen LogP contribution is -2.36. The molecule has 0 aliphatic carbocycles. The molecule has 0 amide bonds. The first-order chi connectivity index (χ1) is 8.02. The standard InChI is InChI=1S/C12H18N2O2S/c1-2-14(11-5-3-10(13)4-6-11)12-7-8-17(15,16)9-12/h3-6,12H,2,7-9,13H2,1H3. The number of nitrogen functional groups attached to an aromatic ring is 1. The maximum absolute atomic E-state index is 11.5. The summed E-state index contributed by atoms with van der Waals surface area (Å²) in [6.07, 6.45) is 0.723. The first-order valence-electron chi connectivity index (χ1n) is 5.84. The van der Waals surface area contributed by atoms with Gasteiger partial charge in [-0.25, -0.2) is 8.42 Å². The third kappa shape index (κ3) is 2.72. The molecule has 4 nitrogen and oxygen atoms in total. The molecule has 0 bridgehead atoms. The number of benzene rings is 1. The van der Waals surface area contributed by atoms with E-state index in [4.69, 9.17) is 5.73 Å². The van der Waals surface area contributed by atoms with Crippen molar-refractivity contribution in [2.45, 2.75) is 19.4 Å². The number of nitrogens with zero attached hydrogens (tertiary/aromatic N) is 1. The van der Waals surface area contributed by atoms with Crippen LogP contribution in [0.3, 0.4) is 0 Å². The Labute approximate surface area is 102 Å². The summed E-state index contributed by atoms with van der Waals surface area (Å²) in [5, 5.41) is 0. The number of anilines is 2. The number of hydrogen-bond donors (Lipinski definition) is 1. The minimum absolute atomic E-state index is 0.105. The fourth-order valence-corrected chi connectivity index (χ4v) is 4.07. The first kappa shape index (κ1) is 12.2. The summed E-state index contributed by atoms with van der Waals surface area (Å²) in [4.78, 5) is 2.14. The van der Waals surface area contributed by atoms with E-state index >= 15 is 0 Å². The lowest BCUT2D eigenvalue weighted by molar-refractivity contribution is 0.600. The molecule has 0 spiro atoms. The smallest absolute Gasteiger partial charge is 0.152 e. The van der Waals surface area contributed by atoms with Crippen LogP contribution in [0.15, 0.2) is 24.3 Å². The highest BCUT2D eigenvalue weighted by Crippen LogP contribution is 2.24. The van der Waals surface area contributed by atoms with Crippen LogP contribution in [0.1, 0.15) is 13.3 Å². The molecule has 1 atom stereocenters. The first-order valence-corrected chi connectivity index (χ1v) is 7.66. The van der Waals surface area contributed by atoms with E-state index in [1.807, 2.05) is 31.2 Å². The van der Waals surface area contributed by atoms with E-state index in [2.05, 4.69) is 4.90 Å². The molecule has 2 rings (SSSR count). The van der Waals surface area contributed by atoms with Crippen LogP contribution in [-0.4, -0.2) is 32.5 Å². The molecule has 0 aromatic heterocycles. The van der Waals surface area contributed by atoms with Crippen molar-refractivity contribution in [2.75, 3.05) is 28.7 Å². The molecule has 1 saturated heterocycles. The molecule has 1 aliphatic heterocycles. The van der Waals surface area contributed by atoms with Gasteiger partial charge >= 0.3 is 0 Å². The van der Waals surface area contributed by atoms with Crippen molar-refractivity contribution in [3.05, 3.63) is 24.3 Å². The van der Waals surface area contributed by atoms with E-state index in [-0.39, 0.29) is 11.8 Å². The van der Waals surface area contributed by atoms with Crippen LogP contribution in [0.2, 0.25) is 0 Å². The van der Waals surface area contributed by atoms with Gasteiger partial charge in [-0.3, -0.25) is 0 Å². The fourth-order valence-electron chi connectivity index (χ4n) is 2.34. The number of rotatable bonds is 3. The molecule has 2 N–H and O–H groups in total. The van der Waals surface area contributed by atoms with Crippen molar-refractivity contribution in [3.8, 4) is 0 Å². The van der Waals surface area contributed by atoms with Gasteiger partial charge in [0.15, 0.2) is 9.84 Å². The van der Waals surface area contributed by atoms with Gasteiger partial charge in [-0.05, 0) is 37.6 Å². The van der Waals surface area contributed by atoms with Crippen molar-refractivity contribution < 1.29 is 8.42 Å². The van der Waals surface area contributed by atoms with E-state index < -0.39 is 9.84 Å². The molecule has 1 fully saturated rings. The Bertz CT molecular complexity index is 482. The number of hydrogen-bond acceptors (Lipinski definition) is 4. The monoisotopic (exact) mass is 254 g/mol. The van der Waals surface area contributed by atoms with Crippen LogP contribution in [0, 0.1) is 0 Å². The van der Waals surface area contributed by atoms with Gasteiger partial charge in [-0.15, -0.1) is 0 Å². The molecule has 0 saturated carbocycles. The second-order valence-electron chi connectivity index (χ2n) is 4.43. The average Bonchev–Trinajstić information content (AvgIpc) is 2.63. The lowest BCUT2D eigenvalue weighted by atomic mass is 10.2. The Morgan fingerprint density at radius 1 is 1.35 bits per heavy atom. The second kappa shape index (κ2) is 4.56. The molecular formula is C12H18N2O2S. The molecule has 1 aromatic carbocycles. The number of nitrogens with two attached hydrogens (primary N) is 1. The van der Waals surface area contributed by atoms with Gasteiger partial charge in [0.2, 0.25) is 0 Å². The van der Waals surface area contributed by atoms with Gasteiger partial charge in [-0.1, -0.05) is 0 Å². The SMILES string of the molecule is CCN(c1ccc(N)cc1)C1CCS(=O)(=O)C1. The zero-order chi connectivity index (χ0) is 12.5. The van der Waals surface area contributed by atoms with Crippen LogP contribution < -0.4 is 10.6 Å². The second-order valence-corrected chi connectivity index (χ2v) is 6.66.